The lowest BCUT2D eigenvalue weighted by Gasteiger charge is -2.59. The Morgan fingerprint density at radius 3 is 2.47 bits per heavy atom. The van der Waals surface area contributed by atoms with E-state index in [1.54, 1.807) is 0 Å². The number of ketones is 1. The highest BCUT2D eigenvalue weighted by Gasteiger charge is 2.60. The first-order valence-electron chi connectivity index (χ1n) is 12.7. The van der Waals surface area contributed by atoms with Crippen LogP contribution in [-0.4, -0.2) is 17.0 Å². The van der Waals surface area contributed by atoms with Crippen molar-refractivity contribution in [2.24, 2.45) is 52.3 Å². The Labute approximate surface area is 184 Å². The first-order chi connectivity index (χ1) is 14.1. The summed E-state index contributed by atoms with van der Waals surface area (Å²) < 4.78 is 0. The summed E-state index contributed by atoms with van der Waals surface area (Å²) in [5.74, 6) is 4.93. The van der Waals surface area contributed by atoms with Crippen LogP contribution in [0, 0.1) is 52.3 Å². The number of carbonyl (C=O) groups excluding carboxylic acids is 1. The Morgan fingerprint density at radius 2 is 1.77 bits per heavy atom. The summed E-state index contributed by atoms with van der Waals surface area (Å²) in [4.78, 5) is 12.1. The minimum Gasteiger partial charge on any atom is -0.389 e. The number of allylic oxidation sites excluding steroid dienone is 2. The lowest BCUT2D eigenvalue weighted by atomic mass is 9.46. The molecular weight excluding hydrogens is 368 g/mol. The van der Waals surface area contributed by atoms with Gasteiger partial charge < -0.3 is 5.11 Å². The minimum absolute atomic E-state index is 0.0356. The third-order valence-electron chi connectivity index (χ3n) is 10.5. The number of aliphatic hydroxyl groups excluding tert-OH is 1. The number of hydrogen-bond donors (Lipinski definition) is 1. The molecule has 4 aliphatic carbocycles. The minimum atomic E-state index is -0.411. The molecule has 0 saturated heterocycles. The average Bonchev–Trinajstić information content (AvgIpc) is 3.04. The molecule has 3 fully saturated rings. The van der Waals surface area contributed by atoms with E-state index in [1.165, 1.54) is 25.7 Å². The van der Waals surface area contributed by atoms with Gasteiger partial charge in [-0.15, -0.1) is 0 Å². The molecule has 3 saturated carbocycles. The lowest BCUT2D eigenvalue weighted by molar-refractivity contribution is -0.119. The van der Waals surface area contributed by atoms with Crippen LogP contribution in [0.3, 0.4) is 0 Å². The van der Waals surface area contributed by atoms with Gasteiger partial charge in [0.15, 0.2) is 5.78 Å². The Hall–Kier alpha value is -0.890. The SMILES string of the molecule is CC(C)C(C)C=CC(C)C1CCC2C3CC(O)C4=CC(=O)CCC4(C)C3CCC12C. The van der Waals surface area contributed by atoms with Gasteiger partial charge in [-0.05, 0) is 102 Å². The molecule has 4 aliphatic rings. The van der Waals surface area contributed by atoms with Crippen LogP contribution in [0.1, 0.15) is 86.5 Å². The number of hydrogen-bond acceptors (Lipinski definition) is 2. The predicted molar refractivity (Wildman–Crippen MR) is 124 cm³/mol. The van der Waals surface area contributed by atoms with Crippen molar-refractivity contribution in [3.63, 3.8) is 0 Å². The van der Waals surface area contributed by atoms with Crippen LogP contribution in [0.4, 0.5) is 0 Å². The molecule has 2 nitrogen and oxygen atoms in total. The van der Waals surface area contributed by atoms with Crippen molar-refractivity contribution in [3.05, 3.63) is 23.8 Å². The van der Waals surface area contributed by atoms with Crippen molar-refractivity contribution < 1.29 is 9.90 Å². The molecule has 0 aliphatic heterocycles. The number of fused-ring (bicyclic) bond motifs is 5. The van der Waals surface area contributed by atoms with Crippen LogP contribution in [0.25, 0.3) is 0 Å². The Morgan fingerprint density at radius 1 is 1.03 bits per heavy atom. The summed E-state index contributed by atoms with van der Waals surface area (Å²) >= 11 is 0. The summed E-state index contributed by atoms with van der Waals surface area (Å²) in [6, 6.07) is 0. The summed E-state index contributed by atoms with van der Waals surface area (Å²) in [5.41, 5.74) is 1.50. The number of carbonyl (C=O) groups is 1. The molecule has 0 radical (unpaired) electrons. The molecule has 4 rings (SSSR count). The highest BCUT2D eigenvalue weighted by atomic mass is 16.3. The third-order valence-corrected chi connectivity index (χ3v) is 10.5. The zero-order valence-corrected chi connectivity index (χ0v) is 20.2. The van der Waals surface area contributed by atoms with Gasteiger partial charge in [0.25, 0.3) is 0 Å². The zero-order chi connectivity index (χ0) is 21.8. The zero-order valence-electron chi connectivity index (χ0n) is 20.2. The second kappa shape index (κ2) is 7.91. The van der Waals surface area contributed by atoms with E-state index in [-0.39, 0.29) is 11.2 Å². The maximum Gasteiger partial charge on any atom is 0.155 e. The van der Waals surface area contributed by atoms with Crippen molar-refractivity contribution in [2.45, 2.75) is 92.6 Å². The van der Waals surface area contributed by atoms with E-state index in [4.69, 9.17) is 0 Å². The molecule has 168 valence electrons. The lowest BCUT2D eigenvalue weighted by Crippen LogP contribution is -2.54. The monoisotopic (exact) mass is 412 g/mol. The quantitative estimate of drug-likeness (QED) is 0.529. The summed E-state index contributed by atoms with van der Waals surface area (Å²) in [7, 11) is 0. The van der Waals surface area contributed by atoms with Gasteiger partial charge in [-0.2, -0.15) is 0 Å². The van der Waals surface area contributed by atoms with Crippen molar-refractivity contribution >= 4 is 5.78 Å². The Kier molecular flexibility index (Phi) is 5.88. The topological polar surface area (TPSA) is 37.3 Å². The molecule has 0 spiro atoms. The van der Waals surface area contributed by atoms with Crippen LogP contribution < -0.4 is 0 Å². The molecule has 0 aromatic carbocycles. The smallest absolute Gasteiger partial charge is 0.155 e. The molecule has 2 heteroatoms. The molecule has 9 unspecified atom stereocenters. The van der Waals surface area contributed by atoms with Gasteiger partial charge in [0.05, 0.1) is 6.10 Å². The van der Waals surface area contributed by atoms with E-state index in [0.29, 0.717) is 41.4 Å². The molecular formula is C28H44O2. The van der Waals surface area contributed by atoms with Gasteiger partial charge in [0, 0.05) is 6.42 Å². The van der Waals surface area contributed by atoms with Crippen molar-refractivity contribution in [1.82, 2.24) is 0 Å². The van der Waals surface area contributed by atoms with Gasteiger partial charge in [0.2, 0.25) is 0 Å². The van der Waals surface area contributed by atoms with Crippen LogP contribution in [0.15, 0.2) is 23.8 Å². The Bertz CT molecular complexity index is 733. The molecule has 0 bridgehead atoms. The predicted octanol–water partition coefficient (Wildman–Crippen LogP) is 6.59. The first-order valence-corrected chi connectivity index (χ1v) is 12.7. The normalized spacial score (nSPS) is 45.7. The van der Waals surface area contributed by atoms with Gasteiger partial charge in [-0.3, -0.25) is 4.79 Å². The van der Waals surface area contributed by atoms with Crippen molar-refractivity contribution in [3.8, 4) is 0 Å². The fraction of sp³-hybridized carbons (Fsp3) is 0.821. The standard InChI is InChI=1S/C28H44O2/c1-17(2)18(3)7-8-19(4)22-9-10-23-21-16-26(30)25-15-20(29)11-13-28(25,6)24(21)12-14-27(22,23)5/h7-8,15,17-19,21-24,26,30H,9-14,16H2,1-6H3. The van der Waals surface area contributed by atoms with Crippen LogP contribution in [0.5, 0.6) is 0 Å². The van der Waals surface area contributed by atoms with Gasteiger partial charge >= 0.3 is 0 Å². The van der Waals surface area contributed by atoms with Crippen LogP contribution in [-0.2, 0) is 4.79 Å². The maximum atomic E-state index is 12.1. The van der Waals surface area contributed by atoms with E-state index >= 15 is 0 Å². The van der Waals surface area contributed by atoms with Crippen LogP contribution >= 0.6 is 0 Å². The molecule has 0 amide bonds. The molecule has 0 aromatic heterocycles. The van der Waals surface area contributed by atoms with Crippen LogP contribution in [0.2, 0.25) is 0 Å². The molecule has 0 aromatic rings. The number of aliphatic hydroxyl groups is 1. The van der Waals surface area contributed by atoms with Gasteiger partial charge in [-0.25, -0.2) is 0 Å². The van der Waals surface area contributed by atoms with Gasteiger partial charge in [-0.1, -0.05) is 53.7 Å². The molecule has 1 N–H and O–H groups in total. The molecule has 30 heavy (non-hydrogen) atoms. The average molecular weight is 413 g/mol. The fourth-order valence-electron chi connectivity index (χ4n) is 8.22. The maximum absolute atomic E-state index is 12.1. The molecule has 0 heterocycles. The van der Waals surface area contributed by atoms with E-state index in [9.17, 15) is 9.90 Å². The third kappa shape index (κ3) is 3.46. The number of rotatable bonds is 4. The van der Waals surface area contributed by atoms with E-state index in [0.717, 1.165) is 30.3 Å². The highest BCUT2D eigenvalue weighted by Crippen LogP contribution is 2.67. The highest BCUT2D eigenvalue weighted by molar-refractivity contribution is 5.91. The van der Waals surface area contributed by atoms with E-state index in [1.807, 2.05) is 6.08 Å². The van der Waals surface area contributed by atoms with Crippen molar-refractivity contribution in [2.75, 3.05) is 0 Å². The summed E-state index contributed by atoms with van der Waals surface area (Å²) in [5, 5.41) is 11.1. The summed E-state index contributed by atoms with van der Waals surface area (Å²) in [6.45, 7) is 14.3. The fourth-order valence-corrected chi connectivity index (χ4v) is 8.22. The van der Waals surface area contributed by atoms with E-state index in [2.05, 4.69) is 53.7 Å². The van der Waals surface area contributed by atoms with E-state index < -0.39 is 6.10 Å². The second-order valence-electron chi connectivity index (χ2n) is 12.2. The first kappa shape index (κ1) is 22.3. The van der Waals surface area contributed by atoms with Crippen molar-refractivity contribution in [1.29, 1.82) is 0 Å². The largest absolute Gasteiger partial charge is 0.389 e. The molecule has 9 atom stereocenters. The second-order valence-corrected chi connectivity index (χ2v) is 12.2. The van der Waals surface area contributed by atoms with Gasteiger partial charge in [0.1, 0.15) is 0 Å². The Balaban J connectivity index is 1.56. The summed E-state index contributed by atoms with van der Waals surface area (Å²) in [6.07, 6.45) is 14.1.